The van der Waals surface area contributed by atoms with Crippen LogP contribution in [0.5, 0.6) is 0 Å². The number of amides is 1. The largest absolute Gasteiger partial charge is 0.347 e. The maximum atomic E-state index is 12.7. The molecule has 3 atom stereocenters. The molecule has 1 heterocycles. The number of rotatable bonds is 8. The zero-order valence-electron chi connectivity index (χ0n) is 17.7. The summed E-state index contributed by atoms with van der Waals surface area (Å²) in [6.45, 7) is 6.03. The standard InChI is InChI=1S/C20H35N3O4S/c1-19(2)15-8-9-20(19,17(24)13-15)14-28(26,27)21-10-6-12-23-11-5-7-16(23)18(25)22(3)4/h15-16,21H,5-14H2,1-4H3. The highest BCUT2D eigenvalue weighted by Gasteiger charge is 2.65. The van der Waals surface area contributed by atoms with Crippen LogP contribution in [0.2, 0.25) is 0 Å². The normalized spacial score (nSPS) is 32.2. The van der Waals surface area contributed by atoms with Gasteiger partial charge in [-0.05, 0) is 50.0 Å². The van der Waals surface area contributed by atoms with Gasteiger partial charge in [0, 0.05) is 39.0 Å². The van der Waals surface area contributed by atoms with E-state index in [0.29, 0.717) is 38.3 Å². The summed E-state index contributed by atoms with van der Waals surface area (Å²) < 4.78 is 28.2. The highest BCUT2D eigenvalue weighted by Crippen LogP contribution is 2.64. The fourth-order valence-corrected chi connectivity index (χ4v) is 7.55. The third-order valence-corrected chi connectivity index (χ3v) is 9.13. The SMILES string of the molecule is CN(C)C(=O)C1CCCN1CCCNS(=O)(=O)CC12CCC(CC1=O)C2(C)C. The molecule has 0 aromatic rings. The molecule has 1 aliphatic heterocycles. The summed E-state index contributed by atoms with van der Waals surface area (Å²) in [5.41, 5.74) is -0.962. The van der Waals surface area contributed by atoms with Crippen LogP contribution in [0.4, 0.5) is 0 Å². The highest BCUT2D eigenvalue weighted by atomic mass is 32.2. The van der Waals surface area contributed by atoms with Crippen LogP contribution in [0.15, 0.2) is 0 Å². The number of carbonyl (C=O) groups excluding carboxylic acids is 2. The van der Waals surface area contributed by atoms with Crippen molar-refractivity contribution in [3.63, 3.8) is 0 Å². The molecule has 28 heavy (non-hydrogen) atoms. The third-order valence-electron chi connectivity index (χ3n) is 7.61. The minimum absolute atomic E-state index is 0.0853. The molecule has 2 bridgehead atoms. The number of Topliss-reactive ketones (excluding diaryl/α,β-unsaturated/α-hetero) is 1. The summed E-state index contributed by atoms with van der Waals surface area (Å²) in [6, 6.07) is -0.0853. The van der Waals surface area contributed by atoms with Gasteiger partial charge in [0.05, 0.1) is 11.8 Å². The van der Waals surface area contributed by atoms with E-state index >= 15 is 0 Å². The van der Waals surface area contributed by atoms with Crippen molar-refractivity contribution in [2.45, 2.75) is 58.4 Å². The Balaban J connectivity index is 1.51. The van der Waals surface area contributed by atoms with Gasteiger partial charge in [-0.1, -0.05) is 13.8 Å². The number of hydrogen-bond acceptors (Lipinski definition) is 5. The first-order valence-electron chi connectivity index (χ1n) is 10.5. The molecule has 0 radical (unpaired) electrons. The summed E-state index contributed by atoms with van der Waals surface area (Å²) in [5, 5.41) is 0. The number of ketones is 1. The molecule has 3 fully saturated rings. The first-order valence-corrected chi connectivity index (χ1v) is 12.1. The van der Waals surface area contributed by atoms with Crippen LogP contribution in [0, 0.1) is 16.7 Å². The van der Waals surface area contributed by atoms with Crippen molar-refractivity contribution < 1.29 is 18.0 Å². The van der Waals surface area contributed by atoms with Gasteiger partial charge in [0.25, 0.3) is 0 Å². The second-order valence-corrected chi connectivity index (χ2v) is 11.4. The molecule has 160 valence electrons. The molecular formula is C20H35N3O4S. The maximum absolute atomic E-state index is 12.7. The molecule has 0 spiro atoms. The predicted octanol–water partition coefficient (Wildman–Crippen LogP) is 1.24. The summed E-state index contributed by atoms with van der Waals surface area (Å²) in [5.74, 6) is 0.473. The van der Waals surface area contributed by atoms with E-state index in [-0.39, 0.29) is 28.9 Å². The van der Waals surface area contributed by atoms with Gasteiger partial charge in [0.1, 0.15) is 5.78 Å². The van der Waals surface area contributed by atoms with Crippen LogP contribution in [0.1, 0.15) is 52.4 Å². The molecular weight excluding hydrogens is 378 g/mol. The summed E-state index contributed by atoms with van der Waals surface area (Å²) >= 11 is 0. The topological polar surface area (TPSA) is 86.8 Å². The number of sulfonamides is 1. The Morgan fingerprint density at radius 2 is 2.00 bits per heavy atom. The van der Waals surface area contributed by atoms with Crippen molar-refractivity contribution in [3.05, 3.63) is 0 Å². The molecule has 7 nitrogen and oxygen atoms in total. The van der Waals surface area contributed by atoms with Crippen molar-refractivity contribution >= 4 is 21.7 Å². The molecule has 1 N–H and O–H groups in total. The van der Waals surface area contributed by atoms with Crippen LogP contribution in [-0.4, -0.2) is 75.4 Å². The quantitative estimate of drug-likeness (QED) is 0.605. The molecule has 2 aliphatic carbocycles. The molecule has 0 aromatic carbocycles. The Hall–Kier alpha value is -0.990. The van der Waals surface area contributed by atoms with Crippen LogP contribution >= 0.6 is 0 Å². The van der Waals surface area contributed by atoms with Gasteiger partial charge in [-0.3, -0.25) is 14.5 Å². The highest BCUT2D eigenvalue weighted by molar-refractivity contribution is 7.89. The molecule has 1 amide bonds. The number of nitrogens with one attached hydrogen (secondary N) is 1. The average molecular weight is 414 g/mol. The fourth-order valence-electron chi connectivity index (χ4n) is 5.66. The smallest absolute Gasteiger partial charge is 0.239 e. The Kier molecular flexibility index (Phi) is 5.96. The third kappa shape index (κ3) is 3.75. The van der Waals surface area contributed by atoms with Gasteiger partial charge in [-0.25, -0.2) is 13.1 Å². The van der Waals surface area contributed by atoms with Crippen LogP contribution in [0.3, 0.4) is 0 Å². The van der Waals surface area contributed by atoms with Crippen LogP contribution < -0.4 is 4.72 Å². The molecule has 3 rings (SSSR count). The first-order chi connectivity index (χ1) is 13.0. The minimum atomic E-state index is -3.52. The minimum Gasteiger partial charge on any atom is -0.347 e. The van der Waals surface area contributed by atoms with E-state index in [2.05, 4.69) is 23.5 Å². The fraction of sp³-hybridized carbons (Fsp3) is 0.900. The van der Waals surface area contributed by atoms with E-state index in [1.165, 1.54) is 0 Å². The monoisotopic (exact) mass is 413 g/mol. The van der Waals surface area contributed by atoms with Gasteiger partial charge >= 0.3 is 0 Å². The van der Waals surface area contributed by atoms with E-state index in [4.69, 9.17) is 0 Å². The number of fused-ring (bicyclic) bond motifs is 2. The summed E-state index contributed by atoms with van der Waals surface area (Å²) in [6.07, 6.45) is 4.68. The zero-order chi connectivity index (χ0) is 20.7. The lowest BCUT2D eigenvalue weighted by Gasteiger charge is -2.36. The van der Waals surface area contributed by atoms with Crippen molar-refractivity contribution in [1.82, 2.24) is 14.5 Å². The first kappa shape index (κ1) is 21.7. The van der Waals surface area contributed by atoms with Crippen molar-refractivity contribution in [1.29, 1.82) is 0 Å². The van der Waals surface area contributed by atoms with Crippen LogP contribution in [0.25, 0.3) is 0 Å². The second kappa shape index (κ2) is 7.69. The maximum Gasteiger partial charge on any atom is 0.239 e. The van der Waals surface area contributed by atoms with Crippen molar-refractivity contribution in [2.75, 3.05) is 39.5 Å². The van der Waals surface area contributed by atoms with Gasteiger partial charge in [0.2, 0.25) is 15.9 Å². The Labute approximate surface area is 169 Å². The average Bonchev–Trinajstić information content (AvgIpc) is 3.20. The molecule has 1 saturated heterocycles. The van der Waals surface area contributed by atoms with Gasteiger partial charge in [0.15, 0.2) is 0 Å². The lowest BCUT2D eigenvalue weighted by Crippen LogP contribution is -2.46. The number of likely N-dealkylation sites (N-methyl/N-ethyl adjacent to an activating group) is 1. The van der Waals surface area contributed by atoms with E-state index in [9.17, 15) is 18.0 Å². The lowest BCUT2D eigenvalue weighted by molar-refractivity contribution is -0.133. The molecule has 3 unspecified atom stereocenters. The lowest BCUT2D eigenvalue weighted by atomic mass is 9.70. The molecule has 8 heteroatoms. The van der Waals surface area contributed by atoms with Gasteiger partial charge in [-0.15, -0.1) is 0 Å². The predicted molar refractivity (Wildman–Crippen MR) is 108 cm³/mol. The number of carbonyl (C=O) groups is 2. The van der Waals surface area contributed by atoms with E-state index < -0.39 is 15.4 Å². The van der Waals surface area contributed by atoms with Crippen molar-refractivity contribution in [2.24, 2.45) is 16.7 Å². The summed E-state index contributed by atoms with van der Waals surface area (Å²) in [7, 11) is 0.0228. The number of hydrogen-bond donors (Lipinski definition) is 1. The Bertz CT molecular complexity index is 734. The molecule has 3 aliphatic rings. The van der Waals surface area contributed by atoms with Crippen LogP contribution in [-0.2, 0) is 19.6 Å². The van der Waals surface area contributed by atoms with Gasteiger partial charge < -0.3 is 4.90 Å². The Morgan fingerprint density at radius 3 is 2.57 bits per heavy atom. The van der Waals surface area contributed by atoms with Gasteiger partial charge in [-0.2, -0.15) is 0 Å². The van der Waals surface area contributed by atoms with Crippen molar-refractivity contribution in [3.8, 4) is 0 Å². The molecule has 2 saturated carbocycles. The van der Waals surface area contributed by atoms with E-state index in [0.717, 1.165) is 25.8 Å². The number of nitrogens with zero attached hydrogens (tertiary/aromatic N) is 2. The van der Waals surface area contributed by atoms with E-state index in [1.807, 2.05) is 0 Å². The second-order valence-electron chi connectivity index (χ2n) is 9.60. The molecule has 0 aromatic heterocycles. The summed E-state index contributed by atoms with van der Waals surface area (Å²) in [4.78, 5) is 28.6. The number of likely N-dealkylation sites (tertiary alicyclic amines) is 1. The zero-order valence-corrected chi connectivity index (χ0v) is 18.5. The van der Waals surface area contributed by atoms with E-state index in [1.54, 1.807) is 19.0 Å². The Morgan fingerprint density at radius 1 is 1.29 bits per heavy atom.